The Morgan fingerprint density at radius 2 is 1.90 bits per heavy atom. The molecule has 0 aliphatic heterocycles. The molecule has 4 aromatic rings. The molecule has 31 heavy (non-hydrogen) atoms. The van der Waals surface area contributed by atoms with Gasteiger partial charge in [-0.3, -0.25) is 4.79 Å². The number of hydrogen-bond acceptors (Lipinski definition) is 5. The van der Waals surface area contributed by atoms with E-state index >= 15 is 0 Å². The molecule has 0 saturated heterocycles. The highest BCUT2D eigenvalue weighted by atomic mass is 16.1. The number of carbonyl (C=O) groups excluding carboxylic acids is 1. The summed E-state index contributed by atoms with van der Waals surface area (Å²) in [5.74, 6) is -0.0413. The molecule has 0 fully saturated rings. The number of rotatable bonds is 4. The highest BCUT2D eigenvalue weighted by Crippen LogP contribution is 2.30. The number of nitrogens with one attached hydrogen (secondary N) is 1. The van der Waals surface area contributed by atoms with Crippen LogP contribution in [0, 0.1) is 6.92 Å². The van der Waals surface area contributed by atoms with Gasteiger partial charge < -0.3 is 5.32 Å². The topological polar surface area (TPSA) is 90.5 Å². The summed E-state index contributed by atoms with van der Waals surface area (Å²) < 4.78 is 3.53. The second kappa shape index (κ2) is 7.61. The van der Waals surface area contributed by atoms with Crippen molar-refractivity contribution in [3.05, 3.63) is 59.7 Å². The van der Waals surface area contributed by atoms with Crippen molar-refractivity contribution < 1.29 is 4.79 Å². The molecule has 1 N–H and O–H groups in total. The van der Waals surface area contributed by atoms with E-state index in [0.717, 1.165) is 28.1 Å². The summed E-state index contributed by atoms with van der Waals surface area (Å²) >= 11 is 0. The summed E-state index contributed by atoms with van der Waals surface area (Å²) in [5, 5.41) is 16.5. The van der Waals surface area contributed by atoms with Gasteiger partial charge in [-0.15, -0.1) is 5.10 Å². The van der Waals surface area contributed by atoms with Crippen LogP contribution in [-0.2, 0) is 5.54 Å². The summed E-state index contributed by atoms with van der Waals surface area (Å²) in [5.41, 5.74) is 4.05. The number of benzene rings is 1. The lowest BCUT2D eigenvalue weighted by Gasteiger charge is -2.20. The van der Waals surface area contributed by atoms with Crippen LogP contribution in [0.25, 0.3) is 16.7 Å². The van der Waals surface area contributed by atoms with E-state index in [2.05, 4.69) is 50.2 Å². The average molecular weight is 418 g/mol. The lowest BCUT2D eigenvalue weighted by molar-refractivity contribution is 0.102. The lowest BCUT2D eigenvalue weighted by Crippen LogP contribution is -2.24. The summed E-state index contributed by atoms with van der Waals surface area (Å²) in [4.78, 5) is 18.4. The predicted octanol–water partition coefficient (Wildman–Crippen LogP) is 4.45. The fourth-order valence-corrected chi connectivity index (χ4v) is 3.56. The first-order valence-corrected chi connectivity index (χ1v) is 10.3. The molecule has 0 radical (unpaired) electrons. The van der Waals surface area contributed by atoms with Crippen LogP contribution in [-0.4, -0.2) is 35.7 Å². The van der Waals surface area contributed by atoms with Gasteiger partial charge in [0.05, 0.1) is 46.0 Å². The second-order valence-electron chi connectivity index (χ2n) is 8.93. The van der Waals surface area contributed by atoms with E-state index < -0.39 is 0 Å². The standard InChI is InChI=1S/C23H27N7O/c1-14(2)18-13-16(20-15(3)27-30(21(20)25-18)23(4,5)6)22(31)26-17-9-7-8-10-19(17)29-12-11-24-28-29/h7-14H,1-6H3,(H,26,31). The van der Waals surface area contributed by atoms with Gasteiger partial charge in [0.25, 0.3) is 5.91 Å². The molecule has 3 aromatic heterocycles. The molecule has 1 aromatic carbocycles. The van der Waals surface area contributed by atoms with Crippen molar-refractivity contribution in [3.8, 4) is 5.69 Å². The van der Waals surface area contributed by atoms with Crippen molar-refractivity contribution in [2.24, 2.45) is 0 Å². The number of aromatic nitrogens is 6. The fourth-order valence-electron chi connectivity index (χ4n) is 3.56. The predicted molar refractivity (Wildman–Crippen MR) is 121 cm³/mol. The van der Waals surface area contributed by atoms with Gasteiger partial charge in [-0.05, 0) is 51.8 Å². The van der Waals surface area contributed by atoms with E-state index in [1.54, 1.807) is 17.1 Å². The molecule has 0 bridgehead atoms. The minimum absolute atomic E-state index is 0.169. The fraction of sp³-hybridized carbons (Fsp3) is 0.348. The number of aryl methyl sites for hydroxylation is 1. The number of pyridine rings is 1. The van der Waals surface area contributed by atoms with Crippen molar-refractivity contribution in [1.29, 1.82) is 0 Å². The average Bonchev–Trinajstić information content (AvgIpc) is 3.36. The number of amides is 1. The normalized spacial score (nSPS) is 12.0. The van der Waals surface area contributed by atoms with Gasteiger partial charge in [0, 0.05) is 5.69 Å². The largest absolute Gasteiger partial charge is 0.320 e. The molecule has 0 unspecified atom stereocenters. The zero-order chi connectivity index (χ0) is 22.3. The molecule has 3 heterocycles. The van der Waals surface area contributed by atoms with Crippen molar-refractivity contribution in [2.45, 2.75) is 53.0 Å². The minimum Gasteiger partial charge on any atom is -0.320 e. The maximum atomic E-state index is 13.5. The lowest BCUT2D eigenvalue weighted by atomic mass is 10.0. The Bertz CT molecular complexity index is 1250. The first-order valence-electron chi connectivity index (χ1n) is 10.3. The van der Waals surface area contributed by atoms with Crippen molar-refractivity contribution in [2.75, 3.05) is 5.32 Å². The summed E-state index contributed by atoms with van der Waals surface area (Å²) in [7, 11) is 0. The van der Waals surface area contributed by atoms with E-state index in [4.69, 9.17) is 10.1 Å². The van der Waals surface area contributed by atoms with Gasteiger partial charge in [-0.25, -0.2) is 14.3 Å². The molecule has 0 aliphatic carbocycles. The molecular formula is C23H27N7O. The maximum Gasteiger partial charge on any atom is 0.256 e. The highest BCUT2D eigenvalue weighted by molar-refractivity contribution is 6.13. The van der Waals surface area contributed by atoms with E-state index in [1.807, 2.05) is 41.9 Å². The molecule has 0 saturated carbocycles. The van der Waals surface area contributed by atoms with Crippen LogP contribution in [0.1, 0.15) is 62.3 Å². The van der Waals surface area contributed by atoms with Gasteiger partial charge in [-0.2, -0.15) is 5.10 Å². The SMILES string of the molecule is Cc1nn(C(C)(C)C)c2nc(C(C)C)cc(C(=O)Nc3ccccc3-n3ccnn3)c12. The monoisotopic (exact) mass is 417 g/mol. The molecule has 8 heteroatoms. The van der Waals surface area contributed by atoms with Gasteiger partial charge in [0.2, 0.25) is 0 Å². The van der Waals surface area contributed by atoms with Crippen molar-refractivity contribution >= 4 is 22.6 Å². The Morgan fingerprint density at radius 3 is 2.55 bits per heavy atom. The van der Waals surface area contributed by atoms with Crippen LogP contribution in [0.3, 0.4) is 0 Å². The zero-order valence-electron chi connectivity index (χ0n) is 18.7. The number of para-hydroxylation sites is 2. The number of anilines is 1. The molecule has 1 amide bonds. The van der Waals surface area contributed by atoms with E-state index in [-0.39, 0.29) is 17.4 Å². The van der Waals surface area contributed by atoms with Gasteiger partial charge >= 0.3 is 0 Å². The Balaban J connectivity index is 1.85. The van der Waals surface area contributed by atoms with Crippen LogP contribution in [0.4, 0.5) is 5.69 Å². The van der Waals surface area contributed by atoms with Crippen molar-refractivity contribution in [1.82, 2.24) is 29.8 Å². The Hall–Kier alpha value is -3.55. The first-order chi connectivity index (χ1) is 14.7. The van der Waals surface area contributed by atoms with Crippen LogP contribution in [0.15, 0.2) is 42.7 Å². The maximum absolute atomic E-state index is 13.5. The molecule has 160 valence electrons. The van der Waals surface area contributed by atoms with Crippen molar-refractivity contribution in [3.63, 3.8) is 0 Å². The molecule has 0 spiro atoms. The third-order valence-corrected chi connectivity index (χ3v) is 5.13. The Morgan fingerprint density at radius 1 is 1.16 bits per heavy atom. The molecule has 0 atom stereocenters. The molecule has 0 aliphatic rings. The highest BCUT2D eigenvalue weighted by Gasteiger charge is 2.25. The second-order valence-corrected chi connectivity index (χ2v) is 8.93. The van der Waals surface area contributed by atoms with Gasteiger partial charge in [-0.1, -0.05) is 31.2 Å². The zero-order valence-corrected chi connectivity index (χ0v) is 18.7. The number of nitrogens with zero attached hydrogens (tertiary/aromatic N) is 6. The molecule has 8 nitrogen and oxygen atoms in total. The quantitative estimate of drug-likeness (QED) is 0.530. The van der Waals surface area contributed by atoms with E-state index in [1.165, 1.54) is 0 Å². The molecule has 4 rings (SSSR count). The van der Waals surface area contributed by atoms with Crippen LogP contribution in [0.5, 0.6) is 0 Å². The van der Waals surface area contributed by atoms with Crippen LogP contribution < -0.4 is 5.32 Å². The summed E-state index contributed by atoms with van der Waals surface area (Å²) in [6.07, 6.45) is 3.34. The number of hydrogen-bond donors (Lipinski definition) is 1. The van der Waals surface area contributed by atoms with E-state index in [0.29, 0.717) is 11.3 Å². The number of carbonyl (C=O) groups is 1. The third kappa shape index (κ3) is 3.81. The third-order valence-electron chi connectivity index (χ3n) is 5.13. The summed E-state index contributed by atoms with van der Waals surface area (Å²) in [6, 6.07) is 9.38. The van der Waals surface area contributed by atoms with Crippen LogP contribution >= 0.6 is 0 Å². The van der Waals surface area contributed by atoms with E-state index in [9.17, 15) is 4.79 Å². The smallest absolute Gasteiger partial charge is 0.256 e. The van der Waals surface area contributed by atoms with Gasteiger partial charge in [0.1, 0.15) is 0 Å². The van der Waals surface area contributed by atoms with Gasteiger partial charge in [0.15, 0.2) is 5.65 Å². The molecular weight excluding hydrogens is 390 g/mol. The minimum atomic E-state index is -0.261. The number of fused-ring (bicyclic) bond motifs is 1. The first kappa shape index (κ1) is 20.7. The Labute approximate surface area is 181 Å². The van der Waals surface area contributed by atoms with Crippen LogP contribution in [0.2, 0.25) is 0 Å². The Kier molecular flexibility index (Phi) is 5.08. The summed E-state index contributed by atoms with van der Waals surface area (Å²) in [6.45, 7) is 12.3.